The van der Waals surface area contributed by atoms with Gasteiger partial charge in [-0.2, -0.15) is 0 Å². The molecule has 0 spiro atoms. The third-order valence-corrected chi connectivity index (χ3v) is 6.17. The molecule has 6 nitrogen and oxygen atoms in total. The molecule has 1 aromatic carbocycles. The molecule has 0 aliphatic carbocycles. The van der Waals surface area contributed by atoms with Gasteiger partial charge in [0.1, 0.15) is 4.88 Å². The molecule has 2 heterocycles. The molecule has 7 heteroatoms. The van der Waals surface area contributed by atoms with Crippen LogP contribution < -0.4 is 10.6 Å². The van der Waals surface area contributed by atoms with Crippen molar-refractivity contribution in [2.45, 2.75) is 46.1 Å². The Morgan fingerprint density at radius 2 is 2.00 bits per heavy atom. The first-order chi connectivity index (χ1) is 13.5. The Morgan fingerprint density at radius 1 is 1.25 bits per heavy atom. The summed E-state index contributed by atoms with van der Waals surface area (Å²) in [6.45, 7) is 7.95. The van der Waals surface area contributed by atoms with Gasteiger partial charge in [0.2, 0.25) is 5.91 Å². The summed E-state index contributed by atoms with van der Waals surface area (Å²) in [5.74, 6) is -0.0189. The number of piperidine rings is 1. The predicted octanol–water partition coefficient (Wildman–Crippen LogP) is 3.16. The second kappa shape index (κ2) is 9.30. The summed E-state index contributed by atoms with van der Waals surface area (Å²) in [5.41, 5.74) is 5.67. The lowest BCUT2D eigenvalue weighted by molar-refractivity contribution is -0.117. The highest BCUT2D eigenvalue weighted by Gasteiger charge is 2.24. The van der Waals surface area contributed by atoms with Gasteiger partial charge < -0.3 is 10.6 Å². The first kappa shape index (κ1) is 20.5. The van der Waals surface area contributed by atoms with E-state index in [-0.39, 0.29) is 17.9 Å². The molecule has 0 unspecified atom stereocenters. The average Bonchev–Trinajstić information content (AvgIpc) is 3.11. The van der Waals surface area contributed by atoms with E-state index < -0.39 is 0 Å². The highest BCUT2D eigenvalue weighted by molar-refractivity contribution is 7.11. The summed E-state index contributed by atoms with van der Waals surface area (Å²) >= 11 is 1.37. The summed E-state index contributed by atoms with van der Waals surface area (Å²) in [7, 11) is 0. The fourth-order valence-electron chi connectivity index (χ4n) is 3.59. The number of nitrogens with zero attached hydrogens (tertiary/aromatic N) is 2. The first-order valence-electron chi connectivity index (χ1n) is 9.79. The number of hydrogen-bond donors (Lipinski definition) is 2. The standard InChI is InChI=1S/C21H28N4O2S/c1-4-16-7-5-6-14(2)19(16)24-18(26)12-25-10-8-17(9-11-25)23-21(27)20-15(3)22-13-28-20/h5-7,13,17H,4,8-12H2,1-3H3,(H,23,27)(H,24,26). The number of aromatic nitrogens is 1. The number of para-hydroxylation sites is 1. The van der Waals surface area contributed by atoms with Crippen LogP contribution in [0.25, 0.3) is 0 Å². The van der Waals surface area contributed by atoms with E-state index in [4.69, 9.17) is 0 Å². The van der Waals surface area contributed by atoms with Crippen LogP contribution in [-0.4, -0.2) is 47.4 Å². The third kappa shape index (κ3) is 4.97. The van der Waals surface area contributed by atoms with Crippen molar-refractivity contribution >= 4 is 28.8 Å². The van der Waals surface area contributed by atoms with Crippen molar-refractivity contribution in [3.8, 4) is 0 Å². The van der Waals surface area contributed by atoms with Crippen molar-refractivity contribution in [3.63, 3.8) is 0 Å². The third-order valence-electron chi connectivity index (χ3n) is 5.25. The zero-order valence-electron chi connectivity index (χ0n) is 16.7. The van der Waals surface area contributed by atoms with Crippen molar-refractivity contribution in [1.29, 1.82) is 0 Å². The Kier molecular flexibility index (Phi) is 6.80. The van der Waals surface area contributed by atoms with E-state index in [2.05, 4.69) is 33.5 Å². The molecule has 2 N–H and O–H groups in total. The molecule has 0 radical (unpaired) electrons. The van der Waals surface area contributed by atoms with Crippen molar-refractivity contribution < 1.29 is 9.59 Å². The molecular weight excluding hydrogens is 372 g/mol. The van der Waals surface area contributed by atoms with Gasteiger partial charge in [-0.15, -0.1) is 11.3 Å². The van der Waals surface area contributed by atoms with Gasteiger partial charge in [-0.25, -0.2) is 4.98 Å². The molecule has 0 saturated carbocycles. The molecule has 1 saturated heterocycles. The summed E-state index contributed by atoms with van der Waals surface area (Å²) in [4.78, 5) is 31.8. The lowest BCUT2D eigenvalue weighted by atomic mass is 10.0. The quantitative estimate of drug-likeness (QED) is 0.781. The minimum Gasteiger partial charge on any atom is -0.348 e. The predicted molar refractivity (Wildman–Crippen MR) is 113 cm³/mol. The van der Waals surface area contributed by atoms with Crippen LogP contribution in [0.1, 0.15) is 46.3 Å². The number of carbonyl (C=O) groups is 2. The Labute approximate surface area is 170 Å². The van der Waals surface area contributed by atoms with Crippen LogP contribution in [0.15, 0.2) is 23.7 Å². The van der Waals surface area contributed by atoms with E-state index in [9.17, 15) is 9.59 Å². The second-order valence-corrected chi connectivity index (χ2v) is 8.16. The maximum absolute atomic E-state index is 12.5. The van der Waals surface area contributed by atoms with Gasteiger partial charge in [-0.3, -0.25) is 14.5 Å². The van der Waals surface area contributed by atoms with E-state index in [1.54, 1.807) is 5.51 Å². The van der Waals surface area contributed by atoms with Crippen molar-refractivity contribution in [2.75, 3.05) is 25.0 Å². The van der Waals surface area contributed by atoms with Crippen LogP contribution in [0.4, 0.5) is 5.69 Å². The number of likely N-dealkylation sites (tertiary alicyclic amines) is 1. The Hall–Kier alpha value is -2.25. The molecule has 0 bridgehead atoms. The number of nitrogens with one attached hydrogen (secondary N) is 2. The summed E-state index contributed by atoms with van der Waals surface area (Å²) < 4.78 is 0. The molecule has 3 rings (SSSR count). The normalized spacial score (nSPS) is 15.4. The minimum atomic E-state index is -0.0390. The van der Waals surface area contributed by atoms with Gasteiger partial charge in [0.15, 0.2) is 0 Å². The number of anilines is 1. The van der Waals surface area contributed by atoms with E-state index in [1.165, 1.54) is 11.3 Å². The average molecular weight is 401 g/mol. The number of carbonyl (C=O) groups excluding carboxylic acids is 2. The monoisotopic (exact) mass is 400 g/mol. The number of aryl methyl sites for hydroxylation is 3. The number of thiazole rings is 1. The fraction of sp³-hybridized carbons (Fsp3) is 0.476. The van der Waals surface area contributed by atoms with Gasteiger partial charge in [0.05, 0.1) is 17.7 Å². The van der Waals surface area contributed by atoms with Gasteiger partial charge in [0, 0.05) is 24.8 Å². The summed E-state index contributed by atoms with van der Waals surface area (Å²) in [5, 5.41) is 6.19. The zero-order valence-corrected chi connectivity index (χ0v) is 17.6. The van der Waals surface area contributed by atoms with Crippen molar-refractivity contribution in [3.05, 3.63) is 45.4 Å². The number of hydrogen-bond acceptors (Lipinski definition) is 5. The van der Waals surface area contributed by atoms with Gasteiger partial charge in [-0.05, 0) is 44.2 Å². The fourth-order valence-corrected chi connectivity index (χ4v) is 4.30. The largest absolute Gasteiger partial charge is 0.348 e. The molecule has 2 aromatic rings. The van der Waals surface area contributed by atoms with E-state index in [0.717, 1.165) is 54.9 Å². The molecule has 1 fully saturated rings. The SMILES string of the molecule is CCc1cccc(C)c1NC(=O)CN1CCC(NC(=O)c2scnc2C)CC1. The Morgan fingerprint density at radius 3 is 2.64 bits per heavy atom. The highest BCUT2D eigenvalue weighted by atomic mass is 32.1. The molecule has 1 aliphatic rings. The maximum atomic E-state index is 12.5. The minimum absolute atomic E-state index is 0.0202. The summed E-state index contributed by atoms with van der Waals surface area (Å²) in [6, 6.07) is 6.25. The van der Waals surface area contributed by atoms with E-state index in [1.807, 2.05) is 26.0 Å². The topological polar surface area (TPSA) is 74.3 Å². The number of benzene rings is 1. The van der Waals surface area contributed by atoms with Crippen LogP contribution >= 0.6 is 11.3 Å². The molecule has 1 aliphatic heterocycles. The molecule has 150 valence electrons. The van der Waals surface area contributed by atoms with Crippen molar-refractivity contribution in [1.82, 2.24) is 15.2 Å². The molecule has 0 atom stereocenters. The first-order valence-corrected chi connectivity index (χ1v) is 10.7. The maximum Gasteiger partial charge on any atom is 0.263 e. The number of amides is 2. The van der Waals surface area contributed by atoms with E-state index in [0.29, 0.717) is 11.4 Å². The molecule has 1 aromatic heterocycles. The molecule has 2 amide bonds. The highest BCUT2D eigenvalue weighted by Crippen LogP contribution is 2.21. The molecular formula is C21H28N4O2S. The number of rotatable bonds is 6. The lowest BCUT2D eigenvalue weighted by Gasteiger charge is -2.31. The second-order valence-electron chi connectivity index (χ2n) is 7.30. The van der Waals surface area contributed by atoms with Gasteiger partial charge in [-0.1, -0.05) is 25.1 Å². The smallest absolute Gasteiger partial charge is 0.263 e. The van der Waals surface area contributed by atoms with Crippen LogP contribution in [0.5, 0.6) is 0 Å². The van der Waals surface area contributed by atoms with Crippen LogP contribution in [0.2, 0.25) is 0 Å². The van der Waals surface area contributed by atoms with Crippen LogP contribution in [0, 0.1) is 13.8 Å². The molecule has 28 heavy (non-hydrogen) atoms. The van der Waals surface area contributed by atoms with Crippen LogP contribution in [-0.2, 0) is 11.2 Å². The zero-order chi connectivity index (χ0) is 20.1. The van der Waals surface area contributed by atoms with E-state index >= 15 is 0 Å². The van der Waals surface area contributed by atoms with Gasteiger partial charge >= 0.3 is 0 Å². The lowest BCUT2D eigenvalue weighted by Crippen LogP contribution is -2.46. The van der Waals surface area contributed by atoms with Gasteiger partial charge in [0.25, 0.3) is 5.91 Å². The van der Waals surface area contributed by atoms with Crippen LogP contribution in [0.3, 0.4) is 0 Å². The Balaban J connectivity index is 1.47. The van der Waals surface area contributed by atoms with Crippen molar-refractivity contribution in [2.24, 2.45) is 0 Å². The Bertz CT molecular complexity index is 841. The summed E-state index contributed by atoms with van der Waals surface area (Å²) in [6.07, 6.45) is 2.59.